The zero-order valence-corrected chi connectivity index (χ0v) is 15.3. The number of carbonyl (C=O) groups excluding carboxylic acids is 1. The van der Waals surface area contributed by atoms with Gasteiger partial charge in [-0.1, -0.05) is 34.1 Å². The molecule has 0 spiro atoms. The van der Waals surface area contributed by atoms with E-state index in [1.807, 2.05) is 35.0 Å². The summed E-state index contributed by atoms with van der Waals surface area (Å²) in [6.07, 6.45) is 1.50. The molecule has 1 aliphatic rings. The second-order valence-corrected chi connectivity index (χ2v) is 6.99. The number of rotatable bonds is 3. The van der Waals surface area contributed by atoms with Crippen molar-refractivity contribution in [3.63, 3.8) is 0 Å². The summed E-state index contributed by atoms with van der Waals surface area (Å²) in [6.45, 7) is 0.666. The van der Waals surface area contributed by atoms with Crippen LogP contribution in [0.5, 0.6) is 0 Å². The topological polar surface area (TPSA) is 56.0 Å². The van der Waals surface area contributed by atoms with Crippen LogP contribution in [0.4, 0.5) is 10.1 Å². The zero-order chi connectivity index (χ0) is 18.3. The van der Waals surface area contributed by atoms with Crippen molar-refractivity contribution in [1.82, 2.24) is 9.36 Å². The highest BCUT2D eigenvalue weighted by atomic mass is 79.9. The Morgan fingerprint density at radius 3 is 2.65 bits per heavy atom. The van der Waals surface area contributed by atoms with Crippen LogP contribution in [0.25, 0.3) is 5.69 Å². The number of carbonyl (C=O) groups is 1. The van der Waals surface area contributed by atoms with Crippen LogP contribution in [0, 0.1) is 5.82 Å². The van der Waals surface area contributed by atoms with Crippen LogP contribution in [0.3, 0.4) is 0 Å². The van der Waals surface area contributed by atoms with Gasteiger partial charge in [0.1, 0.15) is 11.4 Å². The Hall–Kier alpha value is -2.67. The fourth-order valence-electron chi connectivity index (χ4n) is 3.30. The number of para-hydroxylation sites is 1. The van der Waals surface area contributed by atoms with Crippen molar-refractivity contribution in [3.05, 3.63) is 80.4 Å². The Balaban J connectivity index is 1.78. The van der Waals surface area contributed by atoms with Gasteiger partial charge < -0.3 is 5.32 Å². The van der Waals surface area contributed by atoms with Gasteiger partial charge in [-0.2, -0.15) is 0 Å². The maximum absolute atomic E-state index is 14.0. The van der Waals surface area contributed by atoms with Crippen LogP contribution in [0.1, 0.15) is 22.5 Å². The second kappa shape index (κ2) is 6.57. The number of benzene rings is 2. The number of nitrogens with zero attached hydrogens (tertiary/aromatic N) is 2. The van der Waals surface area contributed by atoms with Crippen molar-refractivity contribution in [2.75, 3.05) is 5.32 Å². The predicted octanol–water partition coefficient (Wildman–Crippen LogP) is 3.74. The number of aromatic nitrogens is 2. The molecule has 1 aliphatic heterocycles. The first-order valence-electron chi connectivity index (χ1n) is 8.23. The van der Waals surface area contributed by atoms with Gasteiger partial charge in [-0.25, -0.2) is 9.07 Å². The quantitative estimate of drug-likeness (QED) is 0.708. The molecule has 26 heavy (non-hydrogen) atoms. The summed E-state index contributed by atoms with van der Waals surface area (Å²) in [4.78, 5) is 25.7. The predicted molar refractivity (Wildman–Crippen MR) is 100 cm³/mol. The number of amides is 1. The van der Waals surface area contributed by atoms with Crippen LogP contribution < -0.4 is 10.9 Å². The molecule has 0 saturated carbocycles. The molecular formula is C19H15BrFN3O2. The third-order valence-corrected chi connectivity index (χ3v) is 4.93. The molecule has 1 N–H and O–H groups in total. The van der Waals surface area contributed by atoms with E-state index in [0.717, 1.165) is 6.42 Å². The Kier molecular flexibility index (Phi) is 4.24. The maximum atomic E-state index is 14.0. The average molecular weight is 416 g/mol. The number of nitrogens with one attached hydrogen (secondary N) is 1. The third-order valence-electron chi connectivity index (χ3n) is 4.44. The normalized spacial score (nSPS) is 12.8. The molecule has 5 nitrogen and oxygen atoms in total. The monoisotopic (exact) mass is 415 g/mol. The van der Waals surface area contributed by atoms with E-state index in [0.29, 0.717) is 28.8 Å². The Morgan fingerprint density at radius 2 is 1.92 bits per heavy atom. The molecule has 0 bridgehead atoms. The van der Waals surface area contributed by atoms with Gasteiger partial charge in [-0.05, 0) is 43.2 Å². The average Bonchev–Trinajstić information content (AvgIpc) is 3.17. The van der Waals surface area contributed by atoms with Crippen LogP contribution in [-0.2, 0) is 13.0 Å². The first-order valence-corrected chi connectivity index (χ1v) is 9.02. The van der Waals surface area contributed by atoms with Crippen LogP contribution in [0.2, 0.25) is 0 Å². The molecule has 0 fully saturated rings. The lowest BCUT2D eigenvalue weighted by Gasteiger charge is -2.08. The second-order valence-electron chi connectivity index (χ2n) is 6.08. The van der Waals surface area contributed by atoms with Crippen molar-refractivity contribution in [3.8, 4) is 5.69 Å². The largest absolute Gasteiger partial charge is 0.319 e. The van der Waals surface area contributed by atoms with Crippen molar-refractivity contribution < 1.29 is 9.18 Å². The molecule has 3 aromatic rings. The van der Waals surface area contributed by atoms with Crippen molar-refractivity contribution in [2.45, 2.75) is 19.4 Å². The lowest BCUT2D eigenvalue weighted by molar-refractivity contribution is 0.102. The Morgan fingerprint density at radius 1 is 1.15 bits per heavy atom. The summed E-state index contributed by atoms with van der Waals surface area (Å²) in [5, 5.41) is 2.53. The lowest BCUT2D eigenvalue weighted by Crippen LogP contribution is -2.26. The highest BCUT2D eigenvalue weighted by molar-refractivity contribution is 9.10. The van der Waals surface area contributed by atoms with E-state index >= 15 is 0 Å². The Labute approximate surface area is 157 Å². The van der Waals surface area contributed by atoms with E-state index in [1.165, 1.54) is 16.8 Å². The van der Waals surface area contributed by atoms with Gasteiger partial charge in [0.15, 0.2) is 0 Å². The zero-order valence-electron chi connectivity index (χ0n) is 13.7. The van der Waals surface area contributed by atoms with Gasteiger partial charge in [0.25, 0.3) is 11.5 Å². The standard InChI is InChI=1S/C19H15BrFN3O2/c20-12-8-9-15(14(21)11-12)22-18(25)17-16-7-4-10-23(16)24(19(17)26)13-5-2-1-3-6-13/h1-3,5-6,8-9,11H,4,7,10H2,(H,22,25). The highest BCUT2D eigenvalue weighted by Gasteiger charge is 2.29. The molecule has 0 atom stereocenters. The van der Waals surface area contributed by atoms with E-state index in [2.05, 4.69) is 21.2 Å². The van der Waals surface area contributed by atoms with Crippen LogP contribution in [-0.4, -0.2) is 15.3 Å². The molecule has 2 heterocycles. The van der Waals surface area contributed by atoms with Crippen molar-refractivity contribution in [2.24, 2.45) is 0 Å². The summed E-state index contributed by atoms with van der Waals surface area (Å²) >= 11 is 3.18. The van der Waals surface area contributed by atoms with Gasteiger partial charge in [-0.15, -0.1) is 0 Å². The third kappa shape index (κ3) is 2.78. The number of anilines is 1. The number of hydrogen-bond acceptors (Lipinski definition) is 2. The highest BCUT2D eigenvalue weighted by Crippen LogP contribution is 2.23. The van der Waals surface area contributed by atoms with Gasteiger partial charge in [0.2, 0.25) is 0 Å². The molecule has 0 unspecified atom stereocenters. The van der Waals surface area contributed by atoms with Gasteiger partial charge >= 0.3 is 0 Å². The summed E-state index contributed by atoms with van der Waals surface area (Å²) in [5.74, 6) is -1.15. The fourth-order valence-corrected chi connectivity index (χ4v) is 3.64. The maximum Gasteiger partial charge on any atom is 0.284 e. The number of hydrogen-bond donors (Lipinski definition) is 1. The van der Waals surface area contributed by atoms with E-state index in [-0.39, 0.29) is 16.8 Å². The number of halogens is 2. The molecule has 1 amide bonds. The fraction of sp³-hybridized carbons (Fsp3) is 0.158. The van der Waals surface area contributed by atoms with E-state index in [9.17, 15) is 14.0 Å². The molecule has 0 aliphatic carbocycles. The van der Waals surface area contributed by atoms with E-state index < -0.39 is 11.7 Å². The lowest BCUT2D eigenvalue weighted by atomic mass is 10.1. The van der Waals surface area contributed by atoms with Gasteiger partial charge in [0, 0.05) is 11.0 Å². The summed E-state index contributed by atoms with van der Waals surface area (Å²) < 4.78 is 18.0. The molecule has 1 aromatic heterocycles. The summed E-state index contributed by atoms with van der Waals surface area (Å²) in [5.41, 5.74) is 1.12. The smallest absolute Gasteiger partial charge is 0.284 e. The minimum atomic E-state index is -0.587. The van der Waals surface area contributed by atoms with Gasteiger partial charge in [0.05, 0.1) is 17.1 Å². The molecule has 0 radical (unpaired) electrons. The van der Waals surface area contributed by atoms with E-state index in [4.69, 9.17) is 0 Å². The first kappa shape index (κ1) is 16.8. The minimum Gasteiger partial charge on any atom is -0.319 e. The van der Waals surface area contributed by atoms with Crippen molar-refractivity contribution in [1.29, 1.82) is 0 Å². The molecule has 132 valence electrons. The first-order chi connectivity index (χ1) is 12.6. The minimum absolute atomic E-state index is 0.0433. The molecule has 2 aromatic carbocycles. The number of fused-ring (bicyclic) bond motifs is 1. The molecule has 7 heteroatoms. The summed E-state index contributed by atoms with van der Waals surface area (Å²) in [7, 11) is 0. The van der Waals surface area contributed by atoms with Crippen LogP contribution >= 0.6 is 15.9 Å². The SMILES string of the molecule is O=C(Nc1ccc(Br)cc1F)c1c2n(n(-c3ccccc3)c1=O)CCC2. The van der Waals surface area contributed by atoms with E-state index in [1.54, 1.807) is 6.07 Å². The van der Waals surface area contributed by atoms with Crippen LogP contribution in [0.15, 0.2) is 57.8 Å². The summed E-state index contributed by atoms with van der Waals surface area (Å²) in [6, 6.07) is 13.6. The van der Waals surface area contributed by atoms with Gasteiger partial charge in [-0.3, -0.25) is 14.3 Å². The van der Waals surface area contributed by atoms with Crippen molar-refractivity contribution >= 4 is 27.5 Å². The molecule has 0 saturated heterocycles. The molecule has 4 rings (SSSR count). The Bertz CT molecular complexity index is 1060. The molecular weight excluding hydrogens is 401 g/mol.